The van der Waals surface area contributed by atoms with E-state index in [2.05, 4.69) is 38.0 Å². The van der Waals surface area contributed by atoms with E-state index in [-0.39, 0.29) is 5.54 Å². The molecule has 0 amide bonds. The van der Waals surface area contributed by atoms with E-state index in [4.69, 9.17) is 0 Å². The van der Waals surface area contributed by atoms with Crippen molar-refractivity contribution in [1.29, 1.82) is 0 Å². The molecule has 54 valence electrons. The molecule has 2 nitrogen and oxygen atoms in total. The maximum atomic E-state index is 3.74. The third-order valence-corrected chi connectivity index (χ3v) is 0.828. The van der Waals surface area contributed by atoms with Crippen LogP contribution in [0.4, 0.5) is 0 Å². The maximum Gasteiger partial charge on any atom is 0.0913 e. The third kappa shape index (κ3) is 5.21. The van der Waals surface area contributed by atoms with E-state index in [0.717, 1.165) is 5.82 Å². The Hall–Kier alpha value is -0.660. The Morgan fingerprint density at radius 3 is 1.89 bits per heavy atom. The van der Waals surface area contributed by atoms with Crippen LogP contribution in [0.3, 0.4) is 0 Å². The van der Waals surface area contributed by atoms with E-state index in [0.29, 0.717) is 0 Å². The van der Waals surface area contributed by atoms with Crippen molar-refractivity contribution < 1.29 is 0 Å². The van der Waals surface area contributed by atoms with Gasteiger partial charge in [-0.15, -0.1) is 0 Å². The average molecular weight is 128 g/mol. The molecule has 0 aliphatic carbocycles. The summed E-state index contributed by atoms with van der Waals surface area (Å²) in [5.41, 5.74) is 0.111. The zero-order valence-electron chi connectivity index (χ0n) is 6.71. The molecule has 0 heterocycles. The van der Waals surface area contributed by atoms with Gasteiger partial charge in [-0.3, -0.25) is 0 Å². The number of nitrogens with one attached hydrogen (secondary N) is 2. The molecule has 0 atom stereocenters. The molecule has 2 heteroatoms. The normalized spacial score (nSPS) is 10.7. The molecular weight excluding hydrogens is 112 g/mol. The number of hydrogen-bond donors (Lipinski definition) is 2. The molecule has 0 saturated carbocycles. The molecular formula is C7H16N2. The Balaban J connectivity index is 3.60. The zero-order chi connectivity index (χ0) is 7.49. The van der Waals surface area contributed by atoms with Crippen LogP contribution >= 0.6 is 0 Å². The minimum Gasteiger partial charge on any atom is -0.375 e. The summed E-state index contributed by atoms with van der Waals surface area (Å²) in [6.45, 7) is 10.0. The topological polar surface area (TPSA) is 24.1 Å². The van der Waals surface area contributed by atoms with E-state index in [1.165, 1.54) is 0 Å². The second kappa shape index (κ2) is 2.76. The number of hydrogen-bond acceptors (Lipinski definition) is 2. The first-order valence-corrected chi connectivity index (χ1v) is 3.10. The Bertz CT molecular complexity index is 100.0. The molecule has 9 heavy (non-hydrogen) atoms. The van der Waals surface area contributed by atoms with Crippen LogP contribution in [0.2, 0.25) is 0 Å². The molecule has 0 spiro atoms. The fraction of sp³-hybridized carbons (Fsp3) is 0.714. The Morgan fingerprint density at radius 1 is 1.33 bits per heavy atom. The third-order valence-electron chi connectivity index (χ3n) is 0.828. The molecule has 0 aromatic carbocycles. The first-order chi connectivity index (χ1) is 3.95. The van der Waals surface area contributed by atoms with Gasteiger partial charge in [0.2, 0.25) is 0 Å². The molecule has 0 aliphatic heterocycles. The molecule has 0 aromatic rings. The highest BCUT2D eigenvalue weighted by atomic mass is 15.1. The van der Waals surface area contributed by atoms with Gasteiger partial charge in [-0.05, 0) is 20.8 Å². The summed E-state index contributed by atoms with van der Waals surface area (Å²) in [6, 6.07) is 0. The standard InChI is InChI=1S/C7H16N2/c1-6(8-5)9-7(2,3)4/h8-9H,1H2,2-5H3. The van der Waals surface area contributed by atoms with Crippen LogP contribution in [-0.4, -0.2) is 12.6 Å². The molecule has 2 N–H and O–H groups in total. The summed E-state index contributed by atoms with van der Waals surface area (Å²) in [6.07, 6.45) is 0. The van der Waals surface area contributed by atoms with Gasteiger partial charge >= 0.3 is 0 Å². The van der Waals surface area contributed by atoms with Crippen molar-refractivity contribution in [3.05, 3.63) is 12.4 Å². The smallest absolute Gasteiger partial charge is 0.0913 e. The summed E-state index contributed by atoms with van der Waals surface area (Å²) in [7, 11) is 1.85. The summed E-state index contributed by atoms with van der Waals surface area (Å²) < 4.78 is 0. The fourth-order valence-corrected chi connectivity index (χ4v) is 0.515. The van der Waals surface area contributed by atoms with Crippen LogP contribution in [0, 0.1) is 0 Å². The van der Waals surface area contributed by atoms with Gasteiger partial charge < -0.3 is 10.6 Å². The van der Waals surface area contributed by atoms with Crippen molar-refractivity contribution in [1.82, 2.24) is 10.6 Å². The van der Waals surface area contributed by atoms with Gasteiger partial charge in [0.25, 0.3) is 0 Å². The lowest BCUT2D eigenvalue weighted by atomic mass is 10.1. The van der Waals surface area contributed by atoms with Crippen LogP contribution in [0.15, 0.2) is 12.4 Å². The molecule has 0 aliphatic rings. The van der Waals surface area contributed by atoms with Gasteiger partial charge in [0, 0.05) is 12.6 Å². The van der Waals surface area contributed by atoms with Crippen molar-refractivity contribution in [3.8, 4) is 0 Å². The Kier molecular flexibility index (Phi) is 2.56. The number of rotatable bonds is 2. The van der Waals surface area contributed by atoms with E-state index in [9.17, 15) is 0 Å². The Morgan fingerprint density at radius 2 is 1.78 bits per heavy atom. The molecule has 0 radical (unpaired) electrons. The Labute approximate surface area is 57.3 Å². The van der Waals surface area contributed by atoms with Crippen LogP contribution in [0.5, 0.6) is 0 Å². The van der Waals surface area contributed by atoms with Gasteiger partial charge in [-0.25, -0.2) is 0 Å². The second-order valence-corrected chi connectivity index (χ2v) is 3.10. The first kappa shape index (κ1) is 8.34. The lowest BCUT2D eigenvalue weighted by Gasteiger charge is -2.23. The van der Waals surface area contributed by atoms with Crippen LogP contribution in [0.1, 0.15) is 20.8 Å². The van der Waals surface area contributed by atoms with Crippen molar-refractivity contribution in [2.45, 2.75) is 26.3 Å². The molecule has 0 fully saturated rings. The predicted octanol–water partition coefficient (Wildman–Crippen LogP) is 1.07. The molecule has 0 saturated heterocycles. The predicted molar refractivity (Wildman–Crippen MR) is 41.1 cm³/mol. The quantitative estimate of drug-likeness (QED) is 0.581. The van der Waals surface area contributed by atoms with Crippen molar-refractivity contribution in [3.63, 3.8) is 0 Å². The zero-order valence-corrected chi connectivity index (χ0v) is 6.71. The van der Waals surface area contributed by atoms with Crippen molar-refractivity contribution in [2.75, 3.05) is 7.05 Å². The molecule has 0 aromatic heterocycles. The highest BCUT2D eigenvalue weighted by Crippen LogP contribution is 1.99. The van der Waals surface area contributed by atoms with Gasteiger partial charge in [0.05, 0.1) is 5.82 Å². The van der Waals surface area contributed by atoms with Gasteiger partial charge in [0.15, 0.2) is 0 Å². The lowest BCUT2D eigenvalue weighted by Crippen LogP contribution is -2.38. The van der Waals surface area contributed by atoms with Gasteiger partial charge in [-0.1, -0.05) is 6.58 Å². The highest BCUT2D eigenvalue weighted by Gasteiger charge is 2.07. The SMILES string of the molecule is C=C(NC)NC(C)(C)C. The van der Waals surface area contributed by atoms with Crippen molar-refractivity contribution >= 4 is 0 Å². The van der Waals surface area contributed by atoms with Gasteiger partial charge in [-0.2, -0.15) is 0 Å². The second-order valence-electron chi connectivity index (χ2n) is 3.10. The van der Waals surface area contributed by atoms with E-state index in [1.54, 1.807) is 0 Å². The van der Waals surface area contributed by atoms with E-state index >= 15 is 0 Å². The van der Waals surface area contributed by atoms with E-state index < -0.39 is 0 Å². The van der Waals surface area contributed by atoms with E-state index in [1.807, 2.05) is 7.05 Å². The summed E-state index contributed by atoms with van der Waals surface area (Å²) in [4.78, 5) is 0. The minimum atomic E-state index is 0.111. The highest BCUT2D eigenvalue weighted by molar-refractivity contribution is 4.91. The molecule has 0 rings (SSSR count). The van der Waals surface area contributed by atoms with Gasteiger partial charge in [0.1, 0.15) is 0 Å². The van der Waals surface area contributed by atoms with Crippen LogP contribution in [0.25, 0.3) is 0 Å². The summed E-state index contributed by atoms with van der Waals surface area (Å²) >= 11 is 0. The fourth-order valence-electron chi connectivity index (χ4n) is 0.515. The minimum absolute atomic E-state index is 0.111. The van der Waals surface area contributed by atoms with Crippen LogP contribution < -0.4 is 10.6 Å². The average Bonchev–Trinajstić information content (AvgIpc) is 1.62. The summed E-state index contributed by atoms with van der Waals surface area (Å²) in [5, 5.41) is 6.08. The largest absolute Gasteiger partial charge is 0.375 e. The summed E-state index contributed by atoms with van der Waals surface area (Å²) in [5.74, 6) is 0.863. The lowest BCUT2D eigenvalue weighted by molar-refractivity contribution is 0.460. The molecule has 0 unspecified atom stereocenters. The molecule has 0 bridgehead atoms. The monoisotopic (exact) mass is 128 g/mol. The maximum absolute atomic E-state index is 3.74. The van der Waals surface area contributed by atoms with Crippen LogP contribution in [-0.2, 0) is 0 Å². The van der Waals surface area contributed by atoms with Crippen molar-refractivity contribution in [2.24, 2.45) is 0 Å². The first-order valence-electron chi connectivity index (χ1n) is 3.10.